The van der Waals surface area contributed by atoms with E-state index in [-0.39, 0.29) is 0 Å². The fraction of sp³-hybridized carbons (Fsp3) is 0.0172. The molecule has 0 amide bonds. The molecule has 12 rings (SSSR count). The standard InChI is InChI=1S/C58H37N3S/c1-4-16-38(17-5-1)41-18-14-19-42(36-41)56-59-55(40-32-30-39(31-33-40)46-26-15-27-49-48-25-11-13-29-53(48)62-54(46)49)60-57(61-56)43-34-35-52-50(37-43)47-24-10-12-28-51(47)58(52,44-20-6-2-7-21-44)45-22-8-3-9-23-45/h1-37H. The molecule has 4 heteroatoms. The number of nitrogens with zero attached hydrogens (tertiary/aromatic N) is 3. The van der Waals surface area contributed by atoms with E-state index in [1.54, 1.807) is 0 Å². The molecule has 11 aromatic rings. The van der Waals surface area contributed by atoms with Crippen molar-refractivity contribution in [1.29, 1.82) is 0 Å². The van der Waals surface area contributed by atoms with Crippen LogP contribution in [0.15, 0.2) is 224 Å². The molecule has 0 N–H and O–H groups in total. The SMILES string of the molecule is c1ccc(-c2cccc(-c3nc(-c4ccc(-c5cccc6c5sc5ccccc56)cc4)nc(-c4ccc5c(c4)-c4ccccc4C5(c4ccccc4)c4ccccc4)n3)c2)cc1. The summed E-state index contributed by atoms with van der Waals surface area (Å²) < 4.78 is 2.60. The Hall–Kier alpha value is -7.79. The molecule has 0 unspecified atom stereocenters. The Kier molecular flexibility index (Phi) is 8.58. The lowest BCUT2D eigenvalue weighted by molar-refractivity contribution is 0.768. The molecule has 0 bridgehead atoms. The van der Waals surface area contributed by atoms with Crippen molar-refractivity contribution in [3.63, 3.8) is 0 Å². The van der Waals surface area contributed by atoms with Gasteiger partial charge in [-0.1, -0.05) is 206 Å². The quantitative estimate of drug-likeness (QED) is 0.161. The van der Waals surface area contributed by atoms with E-state index in [1.807, 2.05) is 17.4 Å². The smallest absolute Gasteiger partial charge is 0.164 e. The van der Waals surface area contributed by atoms with Gasteiger partial charge in [0, 0.05) is 36.9 Å². The molecule has 9 aromatic carbocycles. The first-order valence-electron chi connectivity index (χ1n) is 21.0. The highest BCUT2D eigenvalue weighted by Gasteiger charge is 2.46. The number of fused-ring (bicyclic) bond motifs is 6. The van der Waals surface area contributed by atoms with Crippen LogP contribution in [0.25, 0.3) is 87.7 Å². The highest BCUT2D eigenvalue weighted by atomic mass is 32.1. The maximum atomic E-state index is 5.28. The lowest BCUT2D eigenvalue weighted by Gasteiger charge is -2.33. The maximum Gasteiger partial charge on any atom is 0.164 e. The third-order valence-electron chi connectivity index (χ3n) is 12.4. The summed E-state index contributed by atoms with van der Waals surface area (Å²) in [4.78, 5) is 15.7. The molecule has 3 nitrogen and oxygen atoms in total. The van der Waals surface area contributed by atoms with Gasteiger partial charge in [-0.05, 0) is 73.8 Å². The maximum absolute atomic E-state index is 5.28. The number of hydrogen-bond acceptors (Lipinski definition) is 4. The Morgan fingerprint density at radius 1 is 0.306 bits per heavy atom. The first kappa shape index (κ1) is 36.1. The van der Waals surface area contributed by atoms with Crippen molar-refractivity contribution >= 4 is 31.5 Å². The van der Waals surface area contributed by atoms with Crippen LogP contribution < -0.4 is 0 Å². The normalized spacial score (nSPS) is 12.6. The van der Waals surface area contributed by atoms with Gasteiger partial charge in [0.05, 0.1) is 5.41 Å². The molecule has 0 fully saturated rings. The molecular formula is C58H37N3S. The van der Waals surface area contributed by atoms with Gasteiger partial charge in [0.1, 0.15) is 0 Å². The van der Waals surface area contributed by atoms with Gasteiger partial charge in [0.25, 0.3) is 0 Å². The molecular weight excluding hydrogens is 771 g/mol. The molecule has 62 heavy (non-hydrogen) atoms. The minimum Gasteiger partial charge on any atom is -0.208 e. The Morgan fingerprint density at radius 2 is 0.806 bits per heavy atom. The number of hydrogen-bond donors (Lipinski definition) is 0. The fourth-order valence-electron chi connectivity index (χ4n) is 9.59. The topological polar surface area (TPSA) is 38.7 Å². The lowest BCUT2D eigenvalue weighted by atomic mass is 9.67. The van der Waals surface area contributed by atoms with E-state index in [9.17, 15) is 0 Å². The number of rotatable bonds is 7. The second-order valence-electron chi connectivity index (χ2n) is 15.9. The molecule has 1 aliphatic carbocycles. The largest absolute Gasteiger partial charge is 0.208 e. The zero-order valence-electron chi connectivity index (χ0n) is 33.6. The molecule has 0 saturated heterocycles. The first-order chi connectivity index (χ1) is 30.7. The van der Waals surface area contributed by atoms with Gasteiger partial charge in [0.15, 0.2) is 17.5 Å². The van der Waals surface area contributed by atoms with Gasteiger partial charge >= 0.3 is 0 Å². The molecule has 0 aliphatic heterocycles. The van der Waals surface area contributed by atoms with E-state index in [0.717, 1.165) is 33.4 Å². The van der Waals surface area contributed by atoms with Crippen molar-refractivity contribution in [2.24, 2.45) is 0 Å². The monoisotopic (exact) mass is 807 g/mol. The van der Waals surface area contributed by atoms with Crippen molar-refractivity contribution in [1.82, 2.24) is 15.0 Å². The van der Waals surface area contributed by atoms with E-state index in [0.29, 0.717) is 17.5 Å². The van der Waals surface area contributed by atoms with Gasteiger partial charge in [0.2, 0.25) is 0 Å². The fourth-order valence-corrected chi connectivity index (χ4v) is 10.8. The van der Waals surface area contributed by atoms with Crippen LogP contribution in [0.1, 0.15) is 22.3 Å². The molecule has 0 radical (unpaired) electrons. The second-order valence-corrected chi connectivity index (χ2v) is 17.0. The summed E-state index contributed by atoms with van der Waals surface area (Å²) in [5.74, 6) is 1.89. The first-order valence-corrected chi connectivity index (χ1v) is 21.8. The predicted molar refractivity (Wildman–Crippen MR) is 257 cm³/mol. The second kappa shape index (κ2) is 14.7. The van der Waals surface area contributed by atoms with Crippen molar-refractivity contribution in [2.45, 2.75) is 5.41 Å². The van der Waals surface area contributed by atoms with Gasteiger partial charge in [-0.25, -0.2) is 15.0 Å². The third kappa shape index (κ3) is 5.83. The summed E-state index contributed by atoms with van der Waals surface area (Å²) in [6, 6.07) is 80.4. The van der Waals surface area contributed by atoms with Crippen LogP contribution in [-0.4, -0.2) is 15.0 Å². The molecule has 1 aliphatic rings. The van der Waals surface area contributed by atoms with Crippen LogP contribution in [0.4, 0.5) is 0 Å². The molecule has 0 saturated carbocycles. The van der Waals surface area contributed by atoms with E-state index in [4.69, 9.17) is 15.0 Å². The van der Waals surface area contributed by atoms with Gasteiger partial charge in [-0.3, -0.25) is 0 Å². The highest BCUT2D eigenvalue weighted by Crippen LogP contribution is 2.56. The lowest BCUT2D eigenvalue weighted by Crippen LogP contribution is -2.28. The number of benzene rings is 9. The molecule has 2 aromatic heterocycles. The molecule has 0 spiro atoms. The van der Waals surface area contributed by atoms with Crippen LogP contribution in [0.5, 0.6) is 0 Å². The van der Waals surface area contributed by atoms with E-state index in [1.165, 1.54) is 59.1 Å². The summed E-state index contributed by atoms with van der Waals surface area (Å²) >= 11 is 1.85. The predicted octanol–water partition coefficient (Wildman–Crippen LogP) is 14.9. The van der Waals surface area contributed by atoms with Crippen LogP contribution in [0.2, 0.25) is 0 Å². The van der Waals surface area contributed by atoms with E-state index < -0.39 is 5.41 Å². The Labute approximate surface area is 364 Å². The zero-order chi connectivity index (χ0) is 41.0. The summed E-state index contributed by atoms with van der Waals surface area (Å²) in [6.07, 6.45) is 0. The zero-order valence-corrected chi connectivity index (χ0v) is 34.4. The average molecular weight is 808 g/mol. The van der Waals surface area contributed by atoms with Crippen molar-refractivity contribution in [3.05, 3.63) is 247 Å². The molecule has 0 atom stereocenters. The van der Waals surface area contributed by atoms with Crippen LogP contribution in [0, 0.1) is 0 Å². The average Bonchev–Trinajstić information content (AvgIpc) is 3.89. The molecule has 290 valence electrons. The van der Waals surface area contributed by atoms with E-state index >= 15 is 0 Å². The number of aromatic nitrogens is 3. The summed E-state index contributed by atoms with van der Waals surface area (Å²) in [6.45, 7) is 0. The number of thiophene rings is 1. The van der Waals surface area contributed by atoms with E-state index in [2.05, 4.69) is 218 Å². The van der Waals surface area contributed by atoms with Gasteiger partial charge in [-0.15, -0.1) is 11.3 Å². The van der Waals surface area contributed by atoms with Crippen LogP contribution >= 0.6 is 11.3 Å². The Bertz CT molecular complexity index is 3410. The van der Waals surface area contributed by atoms with Crippen molar-refractivity contribution in [3.8, 4) is 67.5 Å². The van der Waals surface area contributed by atoms with Gasteiger partial charge < -0.3 is 0 Å². The summed E-state index contributed by atoms with van der Waals surface area (Å²) in [7, 11) is 0. The summed E-state index contributed by atoms with van der Waals surface area (Å²) in [5.41, 5.74) is 14.3. The summed E-state index contributed by atoms with van der Waals surface area (Å²) in [5, 5.41) is 2.59. The molecule has 2 heterocycles. The van der Waals surface area contributed by atoms with Crippen molar-refractivity contribution < 1.29 is 0 Å². The van der Waals surface area contributed by atoms with Crippen molar-refractivity contribution in [2.75, 3.05) is 0 Å². The van der Waals surface area contributed by atoms with Gasteiger partial charge in [-0.2, -0.15) is 0 Å². The highest BCUT2D eigenvalue weighted by molar-refractivity contribution is 7.26. The Morgan fingerprint density at radius 3 is 1.55 bits per heavy atom. The third-order valence-corrected chi connectivity index (χ3v) is 13.7. The van der Waals surface area contributed by atoms with Crippen LogP contribution in [0.3, 0.4) is 0 Å². The minimum absolute atomic E-state index is 0.484. The van der Waals surface area contributed by atoms with Crippen LogP contribution in [-0.2, 0) is 5.41 Å². The Balaban J connectivity index is 1.02. The minimum atomic E-state index is -0.484.